The molecule has 0 aliphatic heterocycles. The number of aromatic amines is 1. The highest BCUT2D eigenvalue weighted by molar-refractivity contribution is 5.93. The molecule has 1 amide bonds. The zero-order valence-electron chi connectivity index (χ0n) is 11.6. The summed E-state index contributed by atoms with van der Waals surface area (Å²) < 4.78 is 10.7. The standard InChI is InChI=1S/C15H16N2O4/c1-20-12-4-2-3-5-13(12)21-9-8-16-15(19)11-6-7-14(18)17-10-11/h2-7,10H,8-9H2,1H3,(H,16,19)(H,17,18). The van der Waals surface area contributed by atoms with Crippen molar-refractivity contribution < 1.29 is 14.3 Å². The number of hydrogen-bond donors (Lipinski definition) is 2. The van der Waals surface area contributed by atoms with Crippen molar-refractivity contribution in [3.8, 4) is 11.5 Å². The molecule has 1 aromatic carbocycles. The number of aromatic nitrogens is 1. The molecule has 0 aliphatic rings. The molecule has 0 fully saturated rings. The van der Waals surface area contributed by atoms with Crippen LogP contribution in [0.2, 0.25) is 0 Å². The van der Waals surface area contributed by atoms with Gasteiger partial charge >= 0.3 is 0 Å². The Kier molecular flexibility index (Phi) is 4.98. The van der Waals surface area contributed by atoms with E-state index in [2.05, 4.69) is 10.3 Å². The number of H-pyrrole nitrogens is 1. The molecule has 6 nitrogen and oxygen atoms in total. The Labute approximate surface area is 121 Å². The highest BCUT2D eigenvalue weighted by atomic mass is 16.5. The minimum atomic E-state index is -0.269. The molecule has 0 atom stereocenters. The third-order valence-electron chi connectivity index (χ3n) is 2.76. The Morgan fingerprint density at radius 3 is 2.62 bits per heavy atom. The number of benzene rings is 1. The second-order valence-corrected chi connectivity index (χ2v) is 4.20. The normalized spacial score (nSPS) is 9.95. The van der Waals surface area contributed by atoms with Gasteiger partial charge in [-0.05, 0) is 18.2 Å². The van der Waals surface area contributed by atoms with Crippen LogP contribution in [0.4, 0.5) is 0 Å². The van der Waals surface area contributed by atoms with Crippen molar-refractivity contribution in [2.75, 3.05) is 20.3 Å². The van der Waals surface area contributed by atoms with Crippen LogP contribution in [0.15, 0.2) is 47.4 Å². The zero-order valence-corrected chi connectivity index (χ0v) is 11.6. The molecule has 0 bridgehead atoms. The molecule has 2 rings (SSSR count). The summed E-state index contributed by atoms with van der Waals surface area (Å²) in [4.78, 5) is 25.1. The van der Waals surface area contributed by atoms with E-state index in [4.69, 9.17) is 9.47 Å². The predicted octanol–water partition coefficient (Wildman–Crippen LogP) is 1.19. The lowest BCUT2D eigenvalue weighted by Crippen LogP contribution is -2.28. The smallest absolute Gasteiger partial charge is 0.252 e. The minimum Gasteiger partial charge on any atom is -0.493 e. The van der Waals surface area contributed by atoms with E-state index in [1.807, 2.05) is 12.1 Å². The Bertz CT molecular complexity index is 646. The van der Waals surface area contributed by atoms with Crippen molar-refractivity contribution >= 4 is 5.91 Å². The first-order chi connectivity index (χ1) is 10.2. The van der Waals surface area contributed by atoms with Gasteiger partial charge in [-0.2, -0.15) is 0 Å². The Morgan fingerprint density at radius 2 is 1.95 bits per heavy atom. The van der Waals surface area contributed by atoms with Crippen LogP contribution in [0.1, 0.15) is 10.4 Å². The van der Waals surface area contributed by atoms with Gasteiger partial charge in [-0.25, -0.2) is 0 Å². The fourth-order valence-corrected chi connectivity index (χ4v) is 1.72. The third kappa shape index (κ3) is 4.10. The highest BCUT2D eigenvalue weighted by Gasteiger charge is 2.05. The van der Waals surface area contributed by atoms with Crippen molar-refractivity contribution in [2.24, 2.45) is 0 Å². The number of ether oxygens (including phenoxy) is 2. The van der Waals surface area contributed by atoms with E-state index in [9.17, 15) is 9.59 Å². The van der Waals surface area contributed by atoms with Crippen molar-refractivity contribution in [2.45, 2.75) is 0 Å². The van der Waals surface area contributed by atoms with E-state index in [1.165, 1.54) is 18.3 Å². The SMILES string of the molecule is COc1ccccc1OCCNC(=O)c1ccc(=O)[nH]c1. The highest BCUT2D eigenvalue weighted by Crippen LogP contribution is 2.25. The molecule has 0 saturated heterocycles. The zero-order chi connectivity index (χ0) is 15.1. The lowest BCUT2D eigenvalue weighted by molar-refractivity contribution is 0.0946. The van der Waals surface area contributed by atoms with E-state index >= 15 is 0 Å². The second-order valence-electron chi connectivity index (χ2n) is 4.20. The van der Waals surface area contributed by atoms with Crippen molar-refractivity contribution in [1.82, 2.24) is 10.3 Å². The maximum Gasteiger partial charge on any atom is 0.252 e. The number of para-hydroxylation sites is 2. The lowest BCUT2D eigenvalue weighted by atomic mass is 10.3. The molecule has 1 aromatic heterocycles. The maximum absolute atomic E-state index is 11.8. The topological polar surface area (TPSA) is 80.4 Å². The van der Waals surface area contributed by atoms with Crippen LogP contribution in [0.25, 0.3) is 0 Å². The van der Waals surface area contributed by atoms with Crippen LogP contribution in [0.3, 0.4) is 0 Å². The molecule has 6 heteroatoms. The van der Waals surface area contributed by atoms with Crippen LogP contribution >= 0.6 is 0 Å². The van der Waals surface area contributed by atoms with Gasteiger partial charge in [0.15, 0.2) is 11.5 Å². The van der Waals surface area contributed by atoms with Gasteiger partial charge in [0.05, 0.1) is 19.2 Å². The van der Waals surface area contributed by atoms with Crippen molar-refractivity contribution in [3.63, 3.8) is 0 Å². The molecule has 2 N–H and O–H groups in total. The molecule has 1 heterocycles. The maximum atomic E-state index is 11.8. The first-order valence-electron chi connectivity index (χ1n) is 6.43. The Hall–Kier alpha value is -2.76. The van der Waals surface area contributed by atoms with E-state index in [0.29, 0.717) is 30.2 Å². The number of hydrogen-bond acceptors (Lipinski definition) is 4. The van der Waals surface area contributed by atoms with Gasteiger partial charge in [0.2, 0.25) is 5.56 Å². The number of rotatable bonds is 6. The summed E-state index contributed by atoms with van der Waals surface area (Å²) in [6.07, 6.45) is 1.37. The molecular formula is C15H16N2O4. The molecule has 0 radical (unpaired) electrons. The van der Waals surface area contributed by atoms with E-state index < -0.39 is 0 Å². The number of carbonyl (C=O) groups is 1. The summed E-state index contributed by atoms with van der Waals surface area (Å²) >= 11 is 0. The largest absolute Gasteiger partial charge is 0.493 e. The molecule has 0 unspecified atom stereocenters. The van der Waals surface area contributed by atoms with E-state index in [0.717, 1.165) is 0 Å². The Balaban J connectivity index is 1.80. The van der Waals surface area contributed by atoms with E-state index in [-0.39, 0.29) is 11.5 Å². The van der Waals surface area contributed by atoms with E-state index in [1.54, 1.807) is 19.2 Å². The van der Waals surface area contributed by atoms with Gasteiger partial charge in [-0.15, -0.1) is 0 Å². The van der Waals surface area contributed by atoms with Gasteiger partial charge in [-0.1, -0.05) is 12.1 Å². The average molecular weight is 288 g/mol. The minimum absolute atomic E-state index is 0.244. The molecule has 21 heavy (non-hydrogen) atoms. The number of methoxy groups -OCH3 is 1. The van der Waals surface area contributed by atoms with Gasteiger partial charge in [-0.3, -0.25) is 9.59 Å². The molecule has 110 valence electrons. The quantitative estimate of drug-likeness (QED) is 0.782. The summed E-state index contributed by atoms with van der Waals surface area (Å²) in [5, 5.41) is 2.70. The van der Waals surface area contributed by atoms with Crippen LogP contribution in [0.5, 0.6) is 11.5 Å². The number of amides is 1. The second kappa shape index (κ2) is 7.14. The Morgan fingerprint density at radius 1 is 1.19 bits per heavy atom. The summed E-state index contributed by atoms with van der Waals surface area (Å²) in [6.45, 7) is 0.658. The van der Waals surface area contributed by atoms with Crippen LogP contribution < -0.4 is 20.3 Å². The first-order valence-corrected chi connectivity index (χ1v) is 6.43. The van der Waals surface area contributed by atoms with Crippen LogP contribution in [0, 0.1) is 0 Å². The molecular weight excluding hydrogens is 272 g/mol. The molecule has 0 spiro atoms. The van der Waals surface area contributed by atoms with Crippen LogP contribution in [-0.4, -0.2) is 31.2 Å². The number of nitrogens with one attached hydrogen (secondary N) is 2. The van der Waals surface area contributed by atoms with Gasteiger partial charge in [0.25, 0.3) is 5.91 Å². The molecule has 0 aliphatic carbocycles. The summed E-state index contributed by atoms with van der Waals surface area (Å²) in [7, 11) is 1.57. The van der Waals surface area contributed by atoms with Crippen molar-refractivity contribution in [1.29, 1.82) is 0 Å². The average Bonchev–Trinajstić information content (AvgIpc) is 2.52. The van der Waals surface area contributed by atoms with Crippen molar-refractivity contribution in [3.05, 3.63) is 58.5 Å². The van der Waals surface area contributed by atoms with Gasteiger partial charge in [0, 0.05) is 12.3 Å². The first kappa shape index (κ1) is 14.6. The summed E-state index contributed by atoms with van der Waals surface area (Å²) in [5.74, 6) is 0.998. The van der Waals surface area contributed by atoms with Gasteiger partial charge in [0.1, 0.15) is 6.61 Å². The predicted molar refractivity (Wildman–Crippen MR) is 77.9 cm³/mol. The summed E-state index contributed by atoms with van der Waals surface area (Å²) in [6, 6.07) is 10.1. The summed E-state index contributed by atoms with van der Waals surface area (Å²) in [5.41, 5.74) is 0.151. The fourth-order valence-electron chi connectivity index (χ4n) is 1.72. The molecule has 0 saturated carbocycles. The third-order valence-corrected chi connectivity index (χ3v) is 2.76. The number of carbonyl (C=O) groups excluding carboxylic acids is 1. The fraction of sp³-hybridized carbons (Fsp3) is 0.200. The van der Waals surface area contributed by atoms with Crippen LogP contribution in [-0.2, 0) is 0 Å². The van der Waals surface area contributed by atoms with Gasteiger partial charge < -0.3 is 19.8 Å². The monoisotopic (exact) mass is 288 g/mol. The lowest BCUT2D eigenvalue weighted by Gasteiger charge is -2.10. The molecule has 2 aromatic rings. The number of pyridine rings is 1.